The number of benzene rings is 2. The van der Waals surface area contributed by atoms with Gasteiger partial charge in [-0.1, -0.05) is 29.3 Å². The lowest BCUT2D eigenvalue weighted by atomic mass is 10.1. The summed E-state index contributed by atoms with van der Waals surface area (Å²) < 4.78 is 45.6. The van der Waals surface area contributed by atoms with Crippen molar-refractivity contribution in [2.45, 2.75) is 17.7 Å². The Morgan fingerprint density at radius 3 is 2.37 bits per heavy atom. The molecule has 6 nitrogen and oxygen atoms in total. The molecule has 1 heterocycles. The van der Waals surface area contributed by atoms with E-state index in [0.29, 0.717) is 12.0 Å². The first-order valence-corrected chi connectivity index (χ1v) is 11.5. The Bertz CT molecular complexity index is 1040. The Morgan fingerprint density at radius 2 is 1.77 bits per heavy atom. The van der Waals surface area contributed by atoms with E-state index in [9.17, 15) is 17.6 Å². The number of sulfonamides is 1. The van der Waals surface area contributed by atoms with Crippen LogP contribution in [-0.2, 0) is 21.2 Å². The van der Waals surface area contributed by atoms with Gasteiger partial charge in [-0.15, -0.1) is 0 Å². The number of halogens is 3. The minimum Gasteiger partial charge on any atom is -0.494 e. The Balaban J connectivity index is 1.56. The molecule has 0 unspecified atom stereocenters. The van der Waals surface area contributed by atoms with Gasteiger partial charge in [0.2, 0.25) is 15.9 Å². The van der Waals surface area contributed by atoms with Crippen LogP contribution < -0.4 is 4.74 Å². The summed E-state index contributed by atoms with van der Waals surface area (Å²) >= 11 is 11.8. The maximum atomic E-state index is 13.8. The SMILES string of the molecule is COc1ccc(CCC(=O)N2CCN(S(=O)(=O)c3ccc(Cl)c(Cl)c3)CC2)cc1F. The van der Waals surface area contributed by atoms with Crippen LogP contribution in [0.5, 0.6) is 5.75 Å². The summed E-state index contributed by atoms with van der Waals surface area (Å²) in [6, 6.07) is 8.78. The predicted octanol–water partition coefficient (Wildman–Crippen LogP) is 3.61. The van der Waals surface area contributed by atoms with Gasteiger partial charge in [0, 0.05) is 32.6 Å². The van der Waals surface area contributed by atoms with Crippen LogP contribution in [0.15, 0.2) is 41.3 Å². The second-order valence-corrected chi connectivity index (χ2v) is 9.58. The topological polar surface area (TPSA) is 66.9 Å². The molecule has 0 atom stereocenters. The molecule has 3 rings (SSSR count). The highest BCUT2D eigenvalue weighted by Gasteiger charge is 2.30. The molecule has 0 radical (unpaired) electrons. The zero-order valence-corrected chi connectivity index (χ0v) is 18.6. The van der Waals surface area contributed by atoms with Crippen LogP contribution in [0.3, 0.4) is 0 Å². The van der Waals surface area contributed by atoms with Gasteiger partial charge in [0.15, 0.2) is 11.6 Å². The molecule has 2 aromatic carbocycles. The highest BCUT2D eigenvalue weighted by molar-refractivity contribution is 7.89. The monoisotopic (exact) mass is 474 g/mol. The van der Waals surface area contributed by atoms with Gasteiger partial charge in [-0.2, -0.15) is 4.31 Å². The molecular weight excluding hydrogens is 454 g/mol. The normalized spacial score (nSPS) is 15.3. The van der Waals surface area contributed by atoms with Gasteiger partial charge >= 0.3 is 0 Å². The number of hydrogen-bond donors (Lipinski definition) is 0. The number of nitrogens with zero attached hydrogens (tertiary/aromatic N) is 2. The van der Waals surface area contributed by atoms with E-state index in [-0.39, 0.29) is 59.2 Å². The number of amides is 1. The first kappa shape index (κ1) is 22.8. The van der Waals surface area contributed by atoms with Crippen molar-refractivity contribution in [1.29, 1.82) is 0 Å². The van der Waals surface area contributed by atoms with Crippen LogP contribution in [0.2, 0.25) is 10.0 Å². The Labute approximate surface area is 185 Å². The number of hydrogen-bond acceptors (Lipinski definition) is 4. The van der Waals surface area contributed by atoms with Gasteiger partial charge in [-0.05, 0) is 42.3 Å². The summed E-state index contributed by atoms with van der Waals surface area (Å²) in [6.45, 7) is 0.948. The number of carbonyl (C=O) groups is 1. The molecular formula is C20H21Cl2FN2O4S. The molecule has 0 aliphatic carbocycles. The molecule has 30 heavy (non-hydrogen) atoms. The molecule has 2 aromatic rings. The first-order valence-electron chi connectivity index (χ1n) is 9.28. The quantitative estimate of drug-likeness (QED) is 0.641. The number of piperazine rings is 1. The van der Waals surface area contributed by atoms with E-state index in [0.717, 1.165) is 0 Å². The number of rotatable bonds is 6. The van der Waals surface area contributed by atoms with Crippen molar-refractivity contribution >= 4 is 39.1 Å². The van der Waals surface area contributed by atoms with Crippen LogP contribution in [-0.4, -0.2) is 56.8 Å². The van der Waals surface area contributed by atoms with E-state index in [1.807, 2.05) is 0 Å². The van der Waals surface area contributed by atoms with Gasteiger partial charge in [-0.3, -0.25) is 4.79 Å². The van der Waals surface area contributed by atoms with Crippen molar-refractivity contribution in [3.63, 3.8) is 0 Å². The first-order chi connectivity index (χ1) is 14.2. The molecule has 0 spiro atoms. The van der Waals surface area contributed by atoms with E-state index in [2.05, 4.69) is 0 Å². The molecule has 0 saturated carbocycles. The average Bonchev–Trinajstić information content (AvgIpc) is 2.74. The van der Waals surface area contributed by atoms with E-state index in [4.69, 9.17) is 27.9 Å². The maximum absolute atomic E-state index is 13.8. The lowest BCUT2D eigenvalue weighted by molar-refractivity contribution is -0.132. The van der Waals surface area contributed by atoms with Crippen molar-refractivity contribution in [3.05, 3.63) is 57.8 Å². The predicted molar refractivity (Wildman–Crippen MR) is 113 cm³/mol. The minimum absolute atomic E-state index is 0.0678. The Kier molecular flexibility index (Phi) is 7.23. The van der Waals surface area contributed by atoms with Gasteiger partial charge in [0.05, 0.1) is 22.1 Å². The fraction of sp³-hybridized carbons (Fsp3) is 0.350. The third-order valence-electron chi connectivity index (χ3n) is 4.96. The summed E-state index contributed by atoms with van der Waals surface area (Å²) in [5.74, 6) is -0.411. The van der Waals surface area contributed by atoms with Gasteiger partial charge in [0.1, 0.15) is 0 Å². The molecule has 10 heteroatoms. The molecule has 0 bridgehead atoms. The summed E-state index contributed by atoms with van der Waals surface area (Å²) in [6.07, 6.45) is 0.604. The van der Waals surface area contributed by atoms with Gasteiger partial charge in [-0.25, -0.2) is 12.8 Å². The average molecular weight is 475 g/mol. The minimum atomic E-state index is -3.72. The highest BCUT2D eigenvalue weighted by atomic mass is 35.5. The van der Waals surface area contributed by atoms with Crippen LogP contribution in [0.4, 0.5) is 4.39 Å². The van der Waals surface area contributed by atoms with E-state index in [1.165, 1.54) is 41.7 Å². The van der Waals surface area contributed by atoms with Gasteiger partial charge < -0.3 is 9.64 Å². The van der Waals surface area contributed by atoms with Crippen molar-refractivity contribution in [3.8, 4) is 5.75 Å². The number of aryl methyl sites for hydroxylation is 1. The van der Waals surface area contributed by atoms with E-state index in [1.54, 1.807) is 11.0 Å². The van der Waals surface area contributed by atoms with Crippen molar-refractivity contribution in [1.82, 2.24) is 9.21 Å². The lowest BCUT2D eigenvalue weighted by Crippen LogP contribution is -2.50. The fourth-order valence-corrected chi connectivity index (χ4v) is 5.05. The summed E-state index contributed by atoms with van der Waals surface area (Å²) in [5.41, 5.74) is 0.697. The second kappa shape index (κ2) is 9.51. The third kappa shape index (κ3) is 5.06. The molecule has 1 fully saturated rings. The molecule has 1 aliphatic rings. The molecule has 0 N–H and O–H groups in total. The molecule has 162 valence electrons. The number of methoxy groups -OCH3 is 1. The Morgan fingerprint density at radius 1 is 1.07 bits per heavy atom. The van der Waals surface area contributed by atoms with Crippen molar-refractivity contribution < 1.29 is 22.3 Å². The maximum Gasteiger partial charge on any atom is 0.243 e. The van der Waals surface area contributed by atoms with Gasteiger partial charge in [0.25, 0.3) is 0 Å². The molecule has 1 aliphatic heterocycles. The van der Waals surface area contributed by atoms with E-state index < -0.39 is 15.8 Å². The standard InChI is InChI=1S/C20H21Cl2FN2O4S/c1-29-19-6-2-14(12-18(19)23)3-7-20(26)24-8-10-25(11-9-24)30(27,28)15-4-5-16(21)17(22)13-15/h2,4-6,12-13H,3,7-11H2,1H3. The van der Waals surface area contributed by atoms with Crippen LogP contribution in [0, 0.1) is 5.82 Å². The van der Waals surface area contributed by atoms with Crippen LogP contribution >= 0.6 is 23.2 Å². The Hall–Kier alpha value is -1.87. The van der Waals surface area contributed by atoms with E-state index >= 15 is 0 Å². The largest absolute Gasteiger partial charge is 0.494 e. The van der Waals surface area contributed by atoms with Crippen LogP contribution in [0.1, 0.15) is 12.0 Å². The summed E-state index contributed by atoms with van der Waals surface area (Å²) in [7, 11) is -2.33. The third-order valence-corrected chi connectivity index (χ3v) is 7.60. The molecule has 0 aromatic heterocycles. The lowest BCUT2D eigenvalue weighted by Gasteiger charge is -2.34. The molecule has 1 amide bonds. The zero-order valence-electron chi connectivity index (χ0n) is 16.3. The zero-order chi connectivity index (χ0) is 21.9. The van der Waals surface area contributed by atoms with Crippen molar-refractivity contribution in [2.75, 3.05) is 33.3 Å². The molecule has 1 saturated heterocycles. The second-order valence-electron chi connectivity index (χ2n) is 6.83. The number of ether oxygens (including phenoxy) is 1. The summed E-state index contributed by atoms with van der Waals surface area (Å²) in [5, 5.41) is 0.448. The van der Waals surface area contributed by atoms with Crippen LogP contribution in [0.25, 0.3) is 0 Å². The number of carbonyl (C=O) groups excluding carboxylic acids is 1. The van der Waals surface area contributed by atoms with Crippen molar-refractivity contribution in [2.24, 2.45) is 0 Å². The summed E-state index contributed by atoms with van der Waals surface area (Å²) in [4.78, 5) is 14.2. The smallest absolute Gasteiger partial charge is 0.243 e. The fourth-order valence-electron chi connectivity index (χ4n) is 3.24. The highest BCUT2D eigenvalue weighted by Crippen LogP contribution is 2.27.